The van der Waals surface area contributed by atoms with Crippen molar-refractivity contribution in [1.29, 1.82) is 0 Å². The largest absolute Gasteiger partial charge is 0.467 e. The summed E-state index contributed by atoms with van der Waals surface area (Å²) in [5, 5.41) is 11.8. The maximum atomic E-state index is 14.1. The third-order valence-electron chi connectivity index (χ3n) is 9.23. The van der Waals surface area contributed by atoms with E-state index in [0.717, 1.165) is 24.7 Å². The van der Waals surface area contributed by atoms with Crippen LogP contribution in [0.15, 0.2) is 30.3 Å². The highest BCUT2D eigenvalue weighted by Crippen LogP contribution is 2.29. The number of carbonyl (C=O) groups excluding carboxylic acids is 9. The summed E-state index contributed by atoms with van der Waals surface area (Å²) in [7, 11) is 3.17. The predicted molar refractivity (Wildman–Crippen MR) is 216 cm³/mol. The molecule has 0 radical (unpaired) electrons. The van der Waals surface area contributed by atoms with Crippen molar-refractivity contribution in [2.75, 3.05) is 34.4 Å². The molecule has 0 aliphatic rings. The van der Waals surface area contributed by atoms with Gasteiger partial charge in [0.05, 0.1) is 33.2 Å². The molecule has 7 N–H and O–H groups in total. The van der Waals surface area contributed by atoms with Gasteiger partial charge >= 0.3 is 17.9 Å². The van der Waals surface area contributed by atoms with Gasteiger partial charge in [-0.1, -0.05) is 44.2 Å². The Morgan fingerprint density at radius 1 is 0.677 bits per heavy atom. The Kier molecular flexibility index (Phi) is 21.9. The fourth-order valence-corrected chi connectivity index (χ4v) is 5.77. The van der Waals surface area contributed by atoms with Crippen LogP contribution in [0.1, 0.15) is 58.4 Å². The Hall–Kier alpha value is -6.72. The van der Waals surface area contributed by atoms with E-state index < -0.39 is 131 Å². The Labute approximate surface area is 370 Å². The molecule has 2 aromatic carbocycles. The second-order valence-electron chi connectivity index (χ2n) is 14.9. The van der Waals surface area contributed by atoms with Gasteiger partial charge in [0.15, 0.2) is 0 Å². The zero-order chi connectivity index (χ0) is 49.1. The highest BCUT2D eigenvalue weighted by atomic mass is 19.2. The van der Waals surface area contributed by atoms with Crippen molar-refractivity contribution in [1.82, 2.24) is 31.5 Å². The van der Waals surface area contributed by atoms with Crippen LogP contribution < -0.4 is 37.1 Å². The smallest absolute Gasteiger partial charge is 0.328 e. The lowest BCUT2D eigenvalue weighted by Gasteiger charge is -2.25. The first-order chi connectivity index (χ1) is 30.5. The Balaban J connectivity index is 1.94. The molecule has 0 aliphatic carbocycles. The van der Waals surface area contributed by atoms with Gasteiger partial charge < -0.3 is 51.4 Å². The van der Waals surface area contributed by atoms with Gasteiger partial charge in [-0.15, -0.1) is 0 Å². The lowest BCUT2D eigenvalue weighted by atomic mass is 10.0. The molecule has 0 unspecified atom stereocenters. The quantitative estimate of drug-likeness (QED) is 0.0273. The molecule has 2 rings (SSSR count). The van der Waals surface area contributed by atoms with Gasteiger partial charge in [0.25, 0.3) is 0 Å². The number of hydrogen-bond acceptors (Lipinski definition) is 13. The number of nitrogens with two attached hydrogens (primary N) is 1. The van der Waals surface area contributed by atoms with Gasteiger partial charge in [-0.05, 0) is 37.7 Å². The van der Waals surface area contributed by atoms with Gasteiger partial charge in [-0.3, -0.25) is 33.6 Å². The zero-order valence-electron chi connectivity index (χ0n) is 36.3. The first kappa shape index (κ1) is 54.4. The number of esters is 3. The summed E-state index contributed by atoms with van der Waals surface area (Å²) >= 11 is 0. The molecule has 5 atom stereocenters. The highest BCUT2D eigenvalue weighted by Gasteiger charge is 2.34. The van der Waals surface area contributed by atoms with E-state index in [2.05, 4.69) is 36.1 Å². The Morgan fingerprint density at radius 3 is 1.80 bits per heavy atom. The lowest BCUT2D eigenvalue weighted by Crippen LogP contribution is -2.56. The molecule has 0 saturated carbocycles. The molecule has 0 aromatic heterocycles. The van der Waals surface area contributed by atoms with Crippen molar-refractivity contribution in [3.05, 3.63) is 65.0 Å². The third-order valence-corrected chi connectivity index (χ3v) is 9.23. The molecule has 0 spiro atoms. The minimum atomic E-state index is -2.52. The average molecular weight is 930 g/mol. The number of nitrogens with zero attached hydrogens (tertiary/aromatic N) is 1. The molecule has 0 bridgehead atoms. The number of hydrogen-bond donors (Lipinski definition) is 6. The maximum absolute atomic E-state index is 14.1. The summed E-state index contributed by atoms with van der Waals surface area (Å²) in [6.07, 6.45) is -1.87. The van der Waals surface area contributed by atoms with Gasteiger partial charge in [-0.2, -0.15) is 8.78 Å². The van der Waals surface area contributed by atoms with Crippen LogP contribution in [-0.4, -0.2) is 123 Å². The van der Waals surface area contributed by atoms with Gasteiger partial charge in [-0.25, -0.2) is 22.8 Å². The summed E-state index contributed by atoms with van der Waals surface area (Å²) in [5.74, 6) is -23.1. The molecule has 0 heterocycles. The fraction of sp³-hybridized carbons (Fsp3) is 0.488. The van der Waals surface area contributed by atoms with Crippen molar-refractivity contribution in [2.45, 2.75) is 89.5 Å². The van der Waals surface area contributed by atoms with E-state index in [-0.39, 0.29) is 44.6 Å². The molecule has 0 saturated heterocycles. The van der Waals surface area contributed by atoms with Crippen LogP contribution in [0, 0.1) is 35.0 Å². The lowest BCUT2D eigenvalue weighted by molar-refractivity contribution is -0.149. The van der Waals surface area contributed by atoms with Crippen LogP contribution in [0.25, 0.3) is 0 Å². The van der Waals surface area contributed by atoms with Crippen molar-refractivity contribution in [2.24, 2.45) is 11.7 Å². The van der Waals surface area contributed by atoms with E-state index in [1.807, 2.05) is 18.2 Å². The molecular weight excluding hydrogens is 877 g/mol. The highest BCUT2D eigenvalue weighted by molar-refractivity contribution is 5.95. The number of ether oxygens (including phenoxy) is 3. The number of carbonyl (C=O) groups is 9. The number of nitrogens with one attached hydrogen (secondary N) is 5. The minimum Gasteiger partial charge on any atom is -0.467 e. The summed E-state index contributed by atoms with van der Waals surface area (Å²) in [6.45, 7) is 3.85. The van der Waals surface area contributed by atoms with E-state index >= 15 is 0 Å². The standard InChI is InChI=1S/C41H52F5N7O12/c1-20(2)16-25(39(60)52-26(41(62)64-6)18-30(57)65-36-34(45)32(43)31(42)33(44)35(36)46)51-37(58)21(3)49-28(55)19-53(4)29(56)13-12-24(40(61)63-5)50-27(54)14-15-48-38(59)23(47)17-22-10-8-7-9-11-22/h7-11,20-21,23-26H,12-19,47H2,1-6H3,(H,48,59)(H,49,55)(H,50,54)(H,51,58)(H,52,60)/t21-,23+,24-,25+,26-/m1/s1. The molecule has 19 nitrogen and oxygen atoms in total. The number of likely N-dealkylation sites (N-methyl/N-ethyl adjacent to an activating group) is 1. The van der Waals surface area contributed by atoms with E-state index in [4.69, 9.17) is 10.5 Å². The average Bonchev–Trinajstić information content (AvgIpc) is 3.26. The van der Waals surface area contributed by atoms with Crippen molar-refractivity contribution in [3.8, 4) is 5.75 Å². The predicted octanol–water partition coefficient (Wildman–Crippen LogP) is 0.344. The van der Waals surface area contributed by atoms with Crippen LogP contribution in [0.5, 0.6) is 5.75 Å². The molecule has 65 heavy (non-hydrogen) atoms. The molecule has 358 valence electrons. The van der Waals surface area contributed by atoms with Crippen molar-refractivity contribution >= 4 is 53.4 Å². The number of benzene rings is 2. The molecule has 2 aromatic rings. The van der Waals surface area contributed by atoms with E-state index in [1.54, 1.807) is 26.0 Å². The Morgan fingerprint density at radius 2 is 1.23 bits per heavy atom. The van der Waals surface area contributed by atoms with Gasteiger partial charge in [0.1, 0.15) is 24.2 Å². The number of methoxy groups -OCH3 is 2. The number of halogens is 5. The van der Waals surface area contributed by atoms with Crippen LogP contribution >= 0.6 is 0 Å². The molecular formula is C41H52F5N7O12. The Bertz CT molecular complexity index is 2030. The minimum absolute atomic E-state index is 0.0914. The SMILES string of the molecule is COC(=O)[C@@H](CCC(=O)N(C)CC(=O)N[C@H](C)C(=O)N[C@@H](CC(C)C)C(=O)N[C@H](CC(=O)Oc1c(F)c(F)c(F)c(F)c1F)C(=O)OC)NC(=O)CCNC(=O)[C@@H](N)Cc1ccccc1. The van der Waals surface area contributed by atoms with Gasteiger partial charge in [0.2, 0.25) is 70.3 Å². The van der Waals surface area contributed by atoms with Crippen molar-refractivity contribution in [3.63, 3.8) is 0 Å². The van der Waals surface area contributed by atoms with Crippen LogP contribution in [0.3, 0.4) is 0 Å². The van der Waals surface area contributed by atoms with E-state index in [9.17, 15) is 65.1 Å². The second kappa shape index (κ2) is 26.2. The van der Waals surface area contributed by atoms with Crippen LogP contribution in [0.4, 0.5) is 22.0 Å². The summed E-state index contributed by atoms with van der Waals surface area (Å²) < 4.78 is 82.3. The van der Waals surface area contributed by atoms with Crippen molar-refractivity contribution < 1.29 is 79.3 Å². The molecule has 0 aliphatic heterocycles. The summed E-state index contributed by atoms with van der Waals surface area (Å²) in [5.41, 5.74) is 6.79. The first-order valence-corrected chi connectivity index (χ1v) is 19.9. The molecule has 6 amide bonds. The van der Waals surface area contributed by atoms with Gasteiger partial charge in [0, 0.05) is 26.4 Å². The van der Waals surface area contributed by atoms with Crippen LogP contribution in [0.2, 0.25) is 0 Å². The third kappa shape index (κ3) is 17.4. The topological polar surface area (TPSA) is 271 Å². The zero-order valence-corrected chi connectivity index (χ0v) is 36.3. The summed E-state index contributed by atoms with van der Waals surface area (Å²) in [6, 6.07) is 2.17. The second-order valence-corrected chi connectivity index (χ2v) is 14.9. The monoisotopic (exact) mass is 929 g/mol. The normalized spacial score (nSPS) is 13.2. The molecule has 24 heteroatoms. The number of amides is 6. The molecule has 0 fully saturated rings. The fourth-order valence-electron chi connectivity index (χ4n) is 5.77. The van der Waals surface area contributed by atoms with E-state index in [0.29, 0.717) is 0 Å². The van der Waals surface area contributed by atoms with E-state index in [1.165, 1.54) is 14.0 Å². The first-order valence-electron chi connectivity index (χ1n) is 19.9. The summed E-state index contributed by atoms with van der Waals surface area (Å²) in [4.78, 5) is 115. The van der Waals surface area contributed by atoms with Crippen LogP contribution in [-0.2, 0) is 59.0 Å². The number of rotatable bonds is 24. The maximum Gasteiger partial charge on any atom is 0.328 e.